The van der Waals surface area contributed by atoms with E-state index in [1.54, 1.807) is 29.1 Å². The second-order valence-corrected chi connectivity index (χ2v) is 6.45. The molecule has 0 aliphatic heterocycles. The summed E-state index contributed by atoms with van der Waals surface area (Å²) in [7, 11) is 0. The van der Waals surface area contributed by atoms with Gasteiger partial charge in [-0.25, -0.2) is 13.8 Å². The number of alkyl halides is 2. The van der Waals surface area contributed by atoms with E-state index in [0.29, 0.717) is 5.82 Å². The summed E-state index contributed by atoms with van der Waals surface area (Å²) in [6, 6.07) is 8.68. The monoisotopic (exact) mass is 344 g/mol. The van der Waals surface area contributed by atoms with Crippen molar-refractivity contribution in [2.45, 2.75) is 31.2 Å². The van der Waals surface area contributed by atoms with Gasteiger partial charge in [-0.05, 0) is 49.6 Å². The number of aromatic nitrogens is 3. The van der Waals surface area contributed by atoms with Crippen molar-refractivity contribution in [2.24, 2.45) is 5.73 Å². The van der Waals surface area contributed by atoms with Crippen LogP contribution in [0.15, 0.2) is 42.7 Å². The quantitative estimate of drug-likeness (QED) is 0.768. The number of halogens is 2. The van der Waals surface area contributed by atoms with E-state index in [0.717, 1.165) is 30.3 Å². The van der Waals surface area contributed by atoms with Gasteiger partial charge in [-0.3, -0.25) is 9.55 Å². The zero-order chi connectivity index (χ0) is 17.4. The molecule has 0 spiro atoms. The molecule has 3 aromatic heterocycles. The zero-order valence-corrected chi connectivity index (χ0v) is 13.5. The van der Waals surface area contributed by atoms with E-state index in [-0.39, 0.29) is 18.1 Å². The SMILES string of the molecule is NC1(COc2ccc(-n3ccc4ncccc43)nc2C(F)F)CCC1. The first-order valence-electron chi connectivity index (χ1n) is 8.19. The molecule has 0 aromatic carbocycles. The summed E-state index contributed by atoms with van der Waals surface area (Å²) in [5, 5.41) is 0. The molecule has 0 saturated heterocycles. The van der Waals surface area contributed by atoms with Crippen LogP contribution in [-0.2, 0) is 0 Å². The number of nitrogens with two attached hydrogens (primary N) is 1. The summed E-state index contributed by atoms with van der Waals surface area (Å²) in [6.45, 7) is 0.226. The Morgan fingerprint density at radius 1 is 1.24 bits per heavy atom. The van der Waals surface area contributed by atoms with Crippen molar-refractivity contribution >= 4 is 11.0 Å². The fourth-order valence-electron chi connectivity index (χ4n) is 3.03. The van der Waals surface area contributed by atoms with Crippen molar-refractivity contribution in [3.8, 4) is 11.6 Å². The number of ether oxygens (including phenoxy) is 1. The number of pyridine rings is 2. The van der Waals surface area contributed by atoms with E-state index in [2.05, 4.69) is 9.97 Å². The van der Waals surface area contributed by atoms with E-state index in [1.807, 2.05) is 12.1 Å². The summed E-state index contributed by atoms with van der Waals surface area (Å²) in [4.78, 5) is 8.37. The Bertz CT molecular complexity index is 905. The maximum atomic E-state index is 13.5. The predicted molar refractivity (Wildman–Crippen MR) is 90.1 cm³/mol. The van der Waals surface area contributed by atoms with Crippen LogP contribution in [0.2, 0.25) is 0 Å². The highest BCUT2D eigenvalue weighted by Gasteiger charge is 2.34. The van der Waals surface area contributed by atoms with Gasteiger partial charge in [0.05, 0.1) is 16.6 Å². The largest absolute Gasteiger partial charge is 0.490 e. The molecule has 7 heteroatoms. The molecule has 5 nitrogen and oxygen atoms in total. The smallest absolute Gasteiger partial charge is 0.284 e. The molecule has 0 atom stereocenters. The Balaban J connectivity index is 1.67. The molecule has 0 amide bonds. The lowest BCUT2D eigenvalue weighted by molar-refractivity contribution is 0.119. The lowest BCUT2D eigenvalue weighted by Crippen LogP contribution is -2.51. The minimum absolute atomic E-state index is 0.0880. The first-order chi connectivity index (χ1) is 12.1. The van der Waals surface area contributed by atoms with Gasteiger partial charge in [-0.1, -0.05) is 0 Å². The number of hydrogen-bond donors (Lipinski definition) is 1. The number of rotatable bonds is 5. The van der Waals surface area contributed by atoms with Gasteiger partial charge < -0.3 is 10.5 Å². The average molecular weight is 344 g/mol. The molecule has 0 unspecified atom stereocenters. The van der Waals surface area contributed by atoms with Gasteiger partial charge in [0.2, 0.25) is 0 Å². The van der Waals surface area contributed by atoms with Gasteiger partial charge >= 0.3 is 0 Å². The summed E-state index contributed by atoms with van der Waals surface area (Å²) in [6.07, 6.45) is 3.47. The number of hydrogen-bond acceptors (Lipinski definition) is 4. The van der Waals surface area contributed by atoms with Crippen LogP contribution in [0.3, 0.4) is 0 Å². The fraction of sp³-hybridized carbons (Fsp3) is 0.333. The van der Waals surface area contributed by atoms with Crippen molar-refractivity contribution < 1.29 is 13.5 Å². The Morgan fingerprint density at radius 2 is 2.08 bits per heavy atom. The highest BCUT2D eigenvalue weighted by molar-refractivity contribution is 5.77. The summed E-state index contributed by atoms with van der Waals surface area (Å²) in [5.41, 5.74) is 6.91. The normalized spacial score (nSPS) is 16.2. The highest BCUT2D eigenvalue weighted by Crippen LogP contribution is 2.33. The summed E-state index contributed by atoms with van der Waals surface area (Å²) < 4.78 is 34.3. The van der Waals surface area contributed by atoms with Gasteiger partial charge in [0, 0.05) is 12.4 Å². The molecule has 1 aliphatic carbocycles. The lowest BCUT2D eigenvalue weighted by atomic mass is 9.78. The number of fused-ring (bicyclic) bond motifs is 1. The van der Waals surface area contributed by atoms with Crippen LogP contribution in [-0.4, -0.2) is 26.7 Å². The number of nitrogens with zero attached hydrogens (tertiary/aromatic N) is 3. The minimum Gasteiger partial charge on any atom is -0.490 e. The molecule has 130 valence electrons. The maximum Gasteiger partial charge on any atom is 0.284 e. The predicted octanol–water partition coefficient (Wildman–Crippen LogP) is 3.62. The Hall–Kier alpha value is -2.54. The van der Waals surface area contributed by atoms with Crippen molar-refractivity contribution in [1.29, 1.82) is 0 Å². The molecule has 3 heterocycles. The lowest BCUT2D eigenvalue weighted by Gasteiger charge is -2.37. The van der Waals surface area contributed by atoms with Gasteiger partial charge in [0.1, 0.15) is 18.2 Å². The van der Waals surface area contributed by atoms with E-state index < -0.39 is 12.0 Å². The van der Waals surface area contributed by atoms with E-state index in [4.69, 9.17) is 10.5 Å². The third-order valence-corrected chi connectivity index (χ3v) is 4.65. The molecule has 25 heavy (non-hydrogen) atoms. The average Bonchev–Trinajstić information content (AvgIpc) is 3.02. The topological polar surface area (TPSA) is 66.0 Å². The second-order valence-electron chi connectivity index (χ2n) is 6.45. The third-order valence-electron chi connectivity index (χ3n) is 4.65. The summed E-state index contributed by atoms with van der Waals surface area (Å²) in [5.74, 6) is 0.488. The molecule has 0 bridgehead atoms. The second kappa shape index (κ2) is 6.07. The Morgan fingerprint density at radius 3 is 2.80 bits per heavy atom. The molecule has 3 aromatic rings. The Kier molecular flexibility index (Phi) is 3.88. The van der Waals surface area contributed by atoms with Crippen molar-refractivity contribution in [3.05, 3.63) is 48.4 Å². The van der Waals surface area contributed by atoms with Crippen molar-refractivity contribution in [3.63, 3.8) is 0 Å². The molecular formula is C18H18F2N4O. The summed E-state index contributed by atoms with van der Waals surface area (Å²) >= 11 is 0. The van der Waals surface area contributed by atoms with Gasteiger partial charge in [0.25, 0.3) is 6.43 Å². The fourth-order valence-corrected chi connectivity index (χ4v) is 3.03. The van der Waals surface area contributed by atoms with Crippen LogP contribution < -0.4 is 10.5 Å². The highest BCUT2D eigenvalue weighted by atomic mass is 19.3. The molecular weight excluding hydrogens is 326 g/mol. The van der Waals surface area contributed by atoms with E-state index in [9.17, 15) is 8.78 Å². The third kappa shape index (κ3) is 2.95. The molecule has 0 radical (unpaired) electrons. The van der Waals surface area contributed by atoms with Crippen LogP contribution in [0.5, 0.6) is 5.75 Å². The molecule has 2 N–H and O–H groups in total. The first kappa shape index (κ1) is 16.0. The standard InChI is InChI=1S/C18H18F2N4O/c19-17(20)16-14(25-11-18(21)7-2-8-18)4-5-15(23-16)24-10-6-12-13(24)3-1-9-22-12/h1,3-6,9-10,17H,2,7-8,11,21H2. The van der Waals surface area contributed by atoms with E-state index >= 15 is 0 Å². The molecule has 1 saturated carbocycles. The minimum atomic E-state index is -2.73. The van der Waals surface area contributed by atoms with Gasteiger partial charge in [-0.15, -0.1) is 0 Å². The zero-order valence-electron chi connectivity index (χ0n) is 13.5. The van der Waals surface area contributed by atoms with Gasteiger partial charge in [-0.2, -0.15) is 0 Å². The van der Waals surface area contributed by atoms with Crippen LogP contribution >= 0.6 is 0 Å². The van der Waals surface area contributed by atoms with Crippen LogP contribution in [0.25, 0.3) is 16.9 Å². The van der Waals surface area contributed by atoms with Crippen molar-refractivity contribution in [2.75, 3.05) is 6.61 Å². The molecule has 1 aliphatic rings. The first-order valence-corrected chi connectivity index (χ1v) is 8.19. The van der Waals surface area contributed by atoms with Gasteiger partial charge in [0.15, 0.2) is 5.69 Å². The maximum absolute atomic E-state index is 13.5. The Labute approximate surface area is 143 Å². The van der Waals surface area contributed by atoms with Crippen LogP contribution in [0.1, 0.15) is 31.4 Å². The van der Waals surface area contributed by atoms with Crippen LogP contribution in [0.4, 0.5) is 8.78 Å². The molecule has 1 fully saturated rings. The van der Waals surface area contributed by atoms with E-state index in [1.165, 1.54) is 6.07 Å². The van der Waals surface area contributed by atoms with Crippen LogP contribution in [0, 0.1) is 0 Å². The molecule has 4 rings (SSSR count). The van der Waals surface area contributed by atoms with Crippen molar-refractivity contribution in [1.82, 2.24) is 14.5 Å².